The van der Waals surface area contributed by atoms with Crippen molar-refractivity contribution in [3.8, 4) is 0 Å². The lowest BCUT2D eigenvalue weighted by atomic mass is 9.65. The smallest absolute Gasteiger partial charge is 0.251 e. The molecule has 2 N–H and O–H groups in total. The minimum Gasteiger partial charge on any atom is -0.349 e. The van der Waals surface area contributed by atoms with Crippen LogP contribution in [0.25, 0.3) is 0 Å². The van der Waals surface area contributed by atoms with Crippen LogP contribution in [0, 0.1) is 5.41 Å². The zero-order chi connectivity index (χ0) is 17.4. The molecule has 1 aliphatic heterocycles. The number of anilines is 1. The van der Waals surface area contributed by atoms with Gasteiger partial charge in [-0.2, -0.15) is 4.37 Å². The van der Waals surface area contributed by atoms with Crippen molar-refractivity contribution in [2.45, 2.75) is 38.6 Å². The lowest BCUT2D eigenvalue weighted by Crippen LogP contribution is -2.52. The predicted octanol–water partition coefficient (Wildman–Crippen LogP) is 1.58. The van der Waals surface area contributed by atoms with Crippen LogP contribution in [0.15, 0.2) is 23.1 Å². The van der Waals surface area contributed by atoms with Crippen LogP contribution in [0.1, 0.15) is 42.4 Å². The molecule has 1 aliphatic carbocycles. The van der Waals surface area contributed by atoms with Crippen LogP contribution in [-0.4, -0.2) is 39.4 Å². The normalized spacial score (nSPS) is 25.2. The molecular formula is C17H21N5O2S. The summed E-state index contributed by atoms with van der Waals surface area (Å²) >= 11 is 1.48. The zero-order valence-corrected chi connectivity index (χ0v) is 14.9. The lowest BCUT2D eigenvalue weighted by molar-refractivity contribution is 0.0757. The fraction of sp³-hybridized carbons (Fsp3) is 0.529. The van der Waals surface area contributed by atoms with E-state index >= 15 is 0 Å². The van der Waals surface area contributed by atoms with E-state index in [1.165, 1.54) is 23.8 Å². The number of nitrogens with zero attached hydrogens (tertiary/aromatic N) is 3. The van der Waals surface area contributed by atoms with Crippen molar-refractivity contribution in [1.82, 2.24) is 19.7 Å². The summed E-state index contributed by atoms with van der Waals surface area (Å²) in [5.41, 5.74) is 0.441. The molecule has 1 spiro atoms. The third kappa shape index (κ3) is 3.18. The molecule has 0 bridgehead atoms. The largest absolute Gasteiger partial charge is 0.349 e. The molecule has 1 saturated carbocycles. The molecular weight excluding hydrogens is 338 g/mol. The summed E-state index contributed by atoms with van der Waals surface area (Å²) in [4.78, 5) is 33.0. The van der Waals surface area contributed by atoms with Crippen LogP contribution < -0.4 is 15.8 Å². The highest BCUT2D eigenvalue weighted by Crippen LogP contribution is 2.49. The van der Waals surface area contributed by atoms with Crippen molar-refractivity contribution < 1.29 is 4.79 Å². The molecule has 25 heavy (non-hydrogen) atoms. The minimum atomic E-state index is -0.257. The molecule has 4 rings (SSSR count). The number of H-pyrrole nitrogens is 1. The van der Waals surface area contributed by atoms with E-state index in [1.54, 1.807) is 6.07 Å². The van der Waals surface area contributed by atoms with Gasteiger partial charge in [-0.05, 0) is 30.7 Å². The molecule has 2 fully saturated rings. The Morgan fingerprint density at radius 2 is 2.36 bits per heavy atom. The van der Waals surface area contributed by atoms with E-state index in [0.29, 0.717) is 5.56 Å². The highest BCUT2D eigenvalue weighted by Gasteiger charge is 2.49. The van der Waals surface area contributed by atoms with Gasteiger partial charge in [0, 0.05) is 54.9 Å². The topological polar surface area (TPSA) is 91.0 Å². The first-order valence-corrected chi connectivity index (χ1v) is 9.41. The Labute approximate surface area is 149 Å². The number of hydrogen-bond acceptors (Lipinski definition) is 6. The summed E-state index contributed by atoms with van der Waals surface area (Å²) in [5, 5.41) is 4.06. The Balaban J connectivity index is 1.33. The molecule has 132 valence electrons. The van der Waals surface area contributed by atoms with Crippen LogP contribution in [0.3, 0.4) is 0 Å². The first-order chi connectivity index (χ1) is 12.1. The summed E-state index contributed by atoms with van der Waals surface area (Å²) in [5.74, 6) is 0.745. The van der Waals surface area contributed by atoms with Gasteiger partial charge in [0.2, 0.25) is 10.7 Å². The average Bonchev–Trinajstić information content (AvgIpc) is 3.21. The number of carbonyl (C=O) groups excluding carboxylic acids is 1. The molecule has 0 atom stereocenters. The quantitative estimate of drug-likeness (QED) is 0.865. The molecule has 0 aromatic carbocycles. The van der Waals surface area contributed by atoms with Crippen molar-refractivity contribution in [3.63, 3.8) is 0 Å². The molecule has 7 nitrogen and oxygen atoms in total. The van der Waals surface area contributed by atoms with Crippen LogP contribution in [0.5, 0.6) is 0 Å². The van der Waals surface area contributed by atoms with Gasteiger partial charge in [-0.1, -0.05) is 6.92 Å². The van der Waals surface area contributed by atoms with Gasteiger partial charge in [0.15, 0.2) is 0 Å². The fourth-order valence-corrected chi connectivity index (χ4v) is 4.67. The number of nitrogens with one attached hydrogen (secondary N) is 2. The molecule has 2 aliphatic rings. The predicted molar refractivity (Wildman–Crippen MR) is 96.1 cm³/mol. The van der Waals surface area contributed by atoms with E-state index in [2.05, 4.69) is 31.5 Å². The highest BCUT2D eigenvalue weighted by atomic mass is 32.1. The molecule has 0 radical (unpaired) electrons. The SMILES string of the molecule is CCc1nsc(N2CCC3(CC(NC(=O)c4cc[nH]c(=O)c4)C3)C2)n1. The van der Waals surface area contributed by atoms with E-state index < -0.39 is 0 Å². The van der Waals surface area contributed by atoms with E-state index in [0.717, 1.165) is 49.7 Å². The van der Waals surface area contributed by atoms with Crippen molar-refractivity contribution in [2.75, 3.05) is 18.0 Å². The molecule has 3 heterocycles. The van der Waals surface area contributed by atoms with E-state index in [1.807, 2.05) is 0 Å². The van der Waals surface area contributed by atoms with Gasteiger partial charge in [0.05, 0.1) is 0 Å². The Morgan fingerprint density at radius 1 is 1.52 bits per heavy atom. The van der Waals surface area contributed by atoms with Gasteiger partial charge in [-0.3, -0.25) is 9.59 Å². The summed E-state index contributed by atoms with van der Waals surface area (Å²) < 4.78 is 4.37. The van der Waals surface area contributed by atoms with E-state index in [-0.39, 0.29) is 22.9 Å². The Kier molecular flexibility index (Phi) is 4.07. The van der Waals surface area contributed by atoms with Crippen molar-refractivity contribution in [2.24, 2.45) is 5.41 Å². The van der Waals surface area contributed by atoms with Crippen LogP contribution in [0.4, 0.5) is 5.13 Å². The number of aromatic nitrogens is 3. The monoisotopic (exact) mass is 359 g/mol. The Morgan fingerprint density at radius 3 is 3.08 bits per heavy atom. The van der Waals surface area contributed by atoms with E-state index in [9.17, 15) is 9.59 Å². The van der Waals surface area contributed by atoms with Gasteiger partial charge in [-0.25, -0.2) is 4.98 Å². The third-order valence-corrected chi connectivity index (χ3v) is 6.03. The first kappa shape index (κ1) is 16.3. The molecule has 1 amide bonds. The Hall–Kier alpha value is -2.22. The number of amides is 1. The van der Waals surface area contributed by atoms with Gasteiger partial charge < -0.3 is 15.2 Å². The molecule has 2 aromatic heterocycles. The number of aryl methyl sites for hydroxylation is 1. The van der Waals surface area contributed by atoms with Gasteiger partial charge in [-0.15, -0.1) is 0 Å². The number of rotatable bonds is 4. The number of pyridine rings is 1. The van der Waals surface area contributed by atoms with Crippen LogP contribution >= 0.6 is 11.5 Å². The van der Waals surface area contributed by atoms with Crippen molar-refractivity contribution in [3.05, 3.63) is 40.1 Å². The molecule has 8 heteroatoms. The number of aromatic amines is 1. The van der Waals surface area contributed by atoms with Crippen LogP contribution in [-0.2, 0) is 6.42 Å². The van der Waals surface area contributed by atoms with Gasteiger partial charge in [0.1, 0.15) is 5.82 Å². The minimum absolute atomic E-state index is 0.169. The van der Waals surface area contributed by atoms with Crippen molar-refractivity contribution >= 4 is 22.6 Å². The average molecular weight is 359 g/mol. The van der Waals surface area contributed by atoms with Crippen LogP contribution in [0.2, 0.25) is 0 Å². The fourth-order valence-electron chi connectivity index (χ4n) is 3.89. The second-order valence-electron chi connectivity index (χ2n) is 7.04. The highest BCUT2D eigenvalue weighted by molar-refractivity contribution is 7.09. The molecule has 2 aromatic rings. The zero-order valence-electron chi connectivity index (χ0n) is 14.1. The maximum atomic E-state index is 12.2. The summed E-state index contributed by atoms with van der Waals surface area (Å²) in [6.07, 6.45) is 5.47. The maximum absolute atomic E-state index is 12.2. The Bertz CT molecular complexity index is 839. The van der Waals surface area contributed by atoms with Gasteiger partial charge >= 0.3 is 0 Å². The lowest BCUT2D eigenvalue weighted by Gasteiger charge is -2.45. The maximum Gasteiger partial charge on any atom is 0.251 e. The molecule has 1 saturated heterocycles. The molecule has 0 unspecified atom stereocenters. The van der Waals surface area contributed by atoms with Gasteiger partial charge in [0.25, 0.3) is 5.91 Å². The summed E-state index contributed by atoms with van der Waals surface area (Å²) in [6.45, 7) is 4.06. The summed E-state index contributed by atoms with van der Waals surface area (Å²) in [7, 11) is 0. The number of hydrogen-bond donors (Lipinski definition) is 2. The van der Waals surface area contributed by atoms with E-state index in [4.69, 9.17) is 0 Å². The first-order valence-electron chi connectivity index (χ1n) is 8.64. The second-order valence-corrected chi connectivity index (χ2v) is 7.77. The van der Waals surface area contributed by atoms with Crippen molar-refractivity contribution in [1.29, 1.82) is 0 Å². The standard InChI is InChI=1S/C17H21N5O2S/c1-2-13-20-16(25-21-13)22-6-4-17(10-22)8-12(9-17)19-15(24)11-3-5-18-14(23)7-11/h3,5,7,12H,2,4,6,8-10H2,1H3,(H,18,23)(H,19,24). The number of carbonyl (C=O) groups is 1. The summed E-state index contributed by atoms with van der Waals surface area (Å²) in [6, 6.07) is 3.15. The second kappa shape index (κ2) is 6.25. The third-order valence-electron chi connectivity index (χ3n) is 5.21.